The highest BCUT2D eigenvalue weighted by Gasteiger charge is 2.46. The van der Waals surface area contributed by atoms with Crippen LogP contribution >= 0.6 is 0 Å². The van der Waals surface area contributed by atoms with Gasteiger partial charge in [-0.1, -0.05) is 84.9 Å². The minimum Gasteiger partial charge on any atom is -0.479 e. The minimum absolute atomic E-state index is 0.0691. The first-order valence-corrected chi connectivity index (χ1v) is 14.0. The Morgan fingerprint density at radius 1 is 0.857 bits per heavy atom. The van der Waals surface area contributed by atoms with E-state index in [1.807, 2.05) is 59.5 Å². The van der Waals surface area contributed by atoms with Crippen LogP contribution in [0.2, 0.25) is 0 Å². The number of hydrogen-bond donors (Lipinski definition) is 3. The predicted octanol–water partition coefficient (Wildman–Crippen LogP) is 5.51. The van der Waals surface area contributed by atoms with Gasteiger partial charge < -0.3 is 15.2 Å². The molecule has 0 saturated carbocycles. The van der Waals surface area contributed by atoms with E-state index in [9.17, 15) is 19.5 Å². The van der Waals surface area contributed by atoms with Crippen LogP contribution in [0.4, 0.5) is 10.5 Å². The van der Waals surface area contributed by atoms with Crippen LogP contribution in [0.25, 0.3) is 11.1 Å². The number of carboxylic acid groups (broad SMARTS) is 1. The SMILES string of the molecule is O=C(Nc1cccc(C(=O)NC2(C(=O)O)CCN(Cc3ccccc3)C2)c1)OCC1c2ccccc2-c2ccccc21. The zero-order valence-corrected chi connectivity index (χ0v) is 23.0. The largest absolute Gasteiger partial charge is 0.479 e. The van der Waals surface area contributed by atoms with Crippen LogP contribution in [0.5, 0.6) is 0 Å². The van der Waals surface area contributed by atoms with Crippen LogP contribution in [0.15, 0.2) is 103 Å². The zero-order valence-electron chi connectivity index (χ0n) is 23.0. The molecule has 212 valence electrons. The highest BCUT2D eigenvalue weighted by molar-refractivity contribution is 5.99. The van der Waals surface area contributed by atoms with Crippen molar-refractivity contribution in [3.8, 4) is 11.1 Å². The van der Waals surface area contributed by atoms with E-state index < -0.39 is 23.5 Å². The number of rotatable bonds is 8. The number of ether oxygens (including phenoxy) is 1. The maximum atomic E-state index is 13.2. The lowest BCUT2D eigenvalue weighted by Gasteiger charge is -2.26. The Morgan fingerprint density at radius 3 is 2.21 bits per heavy atom. The van der Waals surface area contributed by atoms with Crippen LogP contribution < -0.4 is 10.6 Å². The van der Waals surface area contributed by atoms with Crippen molar-refractivity contribution in [2.45, 2.75) is 24.4 Å². The summed E-state index contributed by atoms with van der Waals surface area (Å²) in [5.41, 5.74) is 4.82. The fourth-order valence-electron chi connectivity index (χ4n) is 5.98. The van der Waals surface area contributed by atoms with E-state index in [1.165, 1.54) is 6.07 Å². The highest BCUT2D eigenvalue weighted by Crippen LogP contribution is 2.44. The maximum absolute atomic E-state index is 13.2. The first-order valence-electron chi connectivity index (χ1n) is 14.0. The van der Waals surface area contributed by atoms with Gasteiger partial charge in [0.15, 0.2) is 5.54 Å². The molecule has 1 fully saturated rings. The van der Waals surface area contributed by atoms with Gasteiger partial charge in [0.1, 0.15) is 6.61 Å². The van der Waals surface area contributed by atoms with Crippen molar-refractivity contribution in [3.63, 3.8) is 0 Å². The Bertz CT molecular complexity index is 1590. The molecule has 1 aliphatic carbocycles. The molecule has 2 amide bonds. The van der Waals surface area contributed by atoms with Crippen molar-refractivity contribution in [1.82, 2.24) is 10.2 Å². The van der Waals surface area contributed by atoms with Crippen molar-refractivity contribution < 1.29 is 24.2 Å². The Morgan fingerprint density at radius 2 is 1.52 bits per heavy atom. The molecule has 1 aliphatic heterocycles. The predicted molar refractivity (Wildman–Crippen MR) is 159 cm³/mol. The number of nitrogens with zero attached hydrogens (tertiary/aromatic N) is 1. The normalized spacial score (nSPS) is 17.7. The van der Waals surface area contributed by atoms with Gasteiger partial charge in [-0.15, -0.1) is 0 Å². The molecule has 2 aliphatic rings. The lowest BCUT2D eigenvalue weighted by Crippen LogP contribution is -2.56. The molecule has 0 radical (unpaired) electrons. The molecular weight excluding hydrogens is 530 g/mol. The average Bonchev–Trinajstić information content (AvgIpc) is 3.56. The quantitative estimate of drug-likeness (QED) is 0.262. The molecule has 1 atom stereocenters. The number of likely N-dealkylation sites (tertiary alicyclic amines) is 1. The number of amides is 2. The maximum Gasteiger partial charge on any atom is 0.411 e. The number of fused-ring (bicyclic) bond motifs is 3. The van der Waals surface area contributed by atoms with Gasteiger partial charge in [-0.05, 0) is 52.4 Å². The Balaban J connectivity index is 1.08. The smallest absolute Gasteiger partial charge is 0.411 e. The second-order valence-corrected chi connectivity index (χ2v) is 10.8. The van der Waals surface area contributed by atoms with E-state index in [1.54, 1.807) is 18.2 Å². The molecule has 0 aromatic heterocycles. The number of carbonyl (C=O) groups is 3. The van der Waals surface area contributed by atoms with Gasteiger partial charge in [0, 0.05) is 36.8 Å². The lowest BCUT2D eigenvalue weighted by atomic mass is 9.98. The van der Waals surface area contributed by atoms with Crippen molar-refractivity contribution in [1.29, 1.82) is 0 Å². The van der Waals surface area contributed by atoms with E-state index in [2.05, 4.69) is 34.9 Å². The van der Waals surface area contributed by atoms with E-state index in [4.69, 9.17) is 4.74 Å². The molecule has 8 nitrogen and oxygen atoms in total. The van der Waals surface area contributed by atoms with Crippen LogP contribution in [0.1, 0.15) is 39.4 Å². The first-order chi connectivity index (χ1) is 20.4. The molecule has 8 heteroatoms. The monoisotopic (exact) mass is 561 g/mol. The van der Waals surface area contributed by atoms with E-state index >= 15 is 0 Å². The summed E-state index contributed by atoms with van der Waals surface area (Å²) in [5, 5.41) is 15.5. The van der Waals surface area contributed by atoms with Crippen LogP contribution in [-0.2, 0) is 16.1 Å². The zero-order chi connectivity index (χ0) is 29.1. The van der Waals surface area contributed by atoms with E-state index in [0.29, 0.717) is 25.2 Å². The Labute approximate surface area is 243 Å². The van der Waals surface area contributed by atoms with Crippen LogP contribution in [0.3, 0.4) is 0 Å². The number of carbonyl (C=O) groups excluding carboxylic acids is 2. The summed E-state index contributed by atoms with van der Waals surface area (Å²) in [6, 6.07) is 32.4. The number of hydrogen-bond acceptors (Lipinski definition) is 5. The fourth-order valence-corrected chi connectivity index (χ4v) is 5.98. The number of benzene rings is 4. The molecule has 0 spiro atoms. The van der Waals surface area contributed by atoms with Crippen molar-refractivity contribution >= 4 is 23.7 Å². The first kappa shape index (κ1) is 27.2. The molecule has 3 N–H and O–H groups in total. The van der Waals surface area contributed by atoms with Gasteiger partial charge >= 0.3 is 12.1 Å². The molecule has 1 saturated heterocycles. The van der Waals surface area contributed by atoms with E-state index in [-0.39, 0.29) is 24.6 Å². The Hall–Kier alpha value is -4.95. The third-order valence-corrected chi connectivity index (χ3v) is 8.07. The van der Waals surface area contributed by atoms with Gasteiger partial charge in [0.2, 0.25) is 0 Å². The molecule has 1 unspecified atom stereocenters. The highest BCUT2D eigenvalue weighted by atomic mass is 16.5. The number of carboxylic acids is 1. The van der Waals surface area contributed by atoms with Gasteiger partial charge in [-0.2, -0.15) is 0 Å². The summed E-state index contributed by atoms with van der Waals surface area (Å²) in [7, 11) is 0. The topological polar surface area (TPSA) is 108 Å². The van der Waals surface area contributed by atoms with Crippen molar-refractivity contribution in [3.05, 3.63) is 125 Å². The third-order valence-electron chi connectivity index (χ3n) is 8.07. The average molecular weight is 562 g/mol. The standard InChI is InChI=1S/C34H31N3O5/c38-31(36-34(32(39)40)17-18-37(22-34)20-23-9-2-1-3-10-23)24-11-8-12-25(19-24)35-33(41)42-21-30-28-15-6-4-13-26(28)27-14-5-7-16-29(27)30/h1-16,19,30H,17-18,20-22H2,(H,35,41)(H,36,38)(H,39,40). The lowest BCUT2D eigenvalue weighted by molar-refractivity contribution is -0.144. The minimum atomic E-state index is -1.40. The summed E-state index contributed by atoms with van der Waals surface area (Å²) in [6.45, 7) is 1.51. The summed E-state index contributed by atoms with van der Waals surface area (Å²) in [6.07, 6.45) is -0.345. The molecule has 4 aromatic carbocycles. The fraction of sp³-hybridized carbons (Fsp3) is 0.206. The molecule has 6 rings (SSSR count). The van der Waals surface area contributed by atoms with Crippen molar-refractivity contribution in [2.24, 2.45) is 0 Å². The second-order valence-electron chi connectivity index (χ2n) is 10.8. The summed E-state index contributed by atoms with van der Waals surface area (Å²) >= 11 is 0. The number of aliphatic carboxylic acids is 1. The molecular formula is C34H31N3O5. The summed E-state index contributed by atoms with van der Waals surface area (Å²) < 4.78 is 5.63. The number of nitrogens with one attached hydrogen (secondary N) is 2. The van der Waals surface area contributed by atoms with Gasteiger partial charge in [0.05, 0.1) is 0 Å². The Kier molecular flexibility index (Phi) is 7.46. The van der Waals surface area contributed by atoms with Gasteiger partial charge in [0.25, 0.3) is 5.91 Å². The molecule has 0 bridgehead atoms. The summed E-state index contributed by atoms with van der Waals surface area (Å²) in [5.74, 6) is -1.66. The molecule has 1 heterocycles. The van der Waals surface area contributed by atoms with Crippen molar-refractivity contribution in [2.75, 3.05) is 25.0 Å². The van der Waals surface area contributed by atoms with Crippen LogP contribution in [0, 0.1) is 0 Å². The van der Waals surface area contributed by atoms with Crippen LogP contribution in [-0.4, -0.2) is 53.2 Å². The van der Waals surface area contributed by atoms with Gasteiger partial charge in [-0.25, -0.2) is 9.59 Å². The molecule has 42 heavy (non-hydrogen) atoms. The van der Waals surface area contributed by atoms with Gasteiger partial charge in [-0.3, -0.25) is 15.0 Å². The summed E-state index contributed by atoms with van der Waals surface area (Å²) in [4.78, 5) is 40.3. The molecule has 4 aromatic rings. The van der Waals surface area contributed by atoms with E-state index in [0.717, 1.165) is 27.8 Å². The third kappa shape index (κ3) is 5.49. The number of anilines is 1. The second kappa shape index (κ2) is 11.5.